The molecule has 0 aromatic carbocycles. The summed E-state index contributed by atoms with van der Waals surface area (Å²) in [4.78, 5) is 52.3. The molecule has 0 saturated carbocycles. The number of aliphatic carboxylic acids is 1. The molecule has 1 unspecified atom stereocenters. The lowest BCUT2D eigenvalue weighted by Gasteiger charge is -2.50. The second kappa shape index (κ2) is 12.4. The molecule has 3 N–H and O–H groups in total. The summed E-state index contributed by atoms with van der Waals surface area (Å²) in [5, 5.41) is 19.0. The van der Waals surface area contributed by atoms with Crippen molar-refractivity contribution >= 4 is 63.6 Å². The van der Waals surface area contributed by atoms with Crippen molar-refractivity contribution in [1.29, 1.82) is 0 Å². The minimum Gasteiger partial charge on any atom is -0.543 e. The largest absolute Gasteiger partial charge is 0.543 e. The highest BCUT2D eigenvalue weighted by Gasteiger charge is 2.52. The number of fused-ring (bicyclic) bond motifs is 1. The summed E-state index contributed by atoms with van der Waals surface area (Å²) in [7, 11) is 4.13. The monoisotopic (exact) mass is 609 g/mol. The fraction of sp³-hybridized carbons (Fsp3) is 0.417. The number of hydrogen-bond donors (Lipinski definition) is 2. The van der Waals surface area contributed by atoms with Crippen LogP contribution < -0.4 is 16.2 Å². The Hall–Kier alpha value is -3.34. The molecule has 2 aliphatic heterocycles. The number of carbonyl (C=O) groups excluding carboxylic acids is 3. The van der Waals surface area contributed by atoms with Crippen LogP contribution in [0.25, 0.3) is 0 Å². The SMILES string of the molecule is Cc1ncsc1C[N+](C)(C)C/C=C/C1=C(C(=O)[O-])N2C(=O)[C@@H](NC(=O)/C=N\OCC(F)c3csc(N)n3)[C@@H]2SC1. The van der Waals surface area contributed by atoms with Crippen LogP contribution in [0.5, 0.6) is 0 Å². The number of quaternary nitrogens is 1. The van der Waals surface area contributed by atoms with E-state index in [9.17, 15) is 23.9 Å². The summed E-state index contributed by atoms with van der Waals surface area (Å²) >= 11 is 4.02. The van der Waals surface area contributed by atoms with Crippen molar-refractivity contribution in [2.24, 2.45) is 5.16 Å². The van der Waals surface area contributed by atoms with Gasteiger partial charge in [0.25, 0.3) is 11.8 Å². The van der Waals surface area contributed by atoms with E-state index in [2.05, 4.69) is 34.5 Å². The van der Waals surface area contributed by atoms with E-state index >= 15 is 0 Å². The molecule has 2 aliphatic rings. The first-order valence-corrected chi connectivity index (χ1v) is 14.8. The third-order valence-electron chi connectivity index (χ3n) is 6.15. The minimum absolute atomic E-state index is 0.108. The average molecular weight is 610 g/mol. The Labute approximate surface area is 242 Å². The topological polar surface area (TPSA) is 163 Å². The molecule has 2 aromatic rings. The fourth-order valence-electron chi connectivity index (χ4n) is 4.09. The molecule has 0 aliphatic carbocycles. The maximum absolute atomic E-state index is 14.0. The molecule has 4 rings (SSSR count). The number of nitrogens with one attached hydrogen (secondary N) is 1. The zero-order chi connectivity index (χ0) is 29.0. The number of carboxylic acid groups (broad SMARTS) is 1. The van der Waals surface area contributed by atoms with Crippen molar-refractivity contribution in [1.82, 2.24) is 20.2 Å². The Kier molecular flexibility index (Phi) is 9.22. The van der Waals surface area contributed by atoms with E-state index in [0.29, 0.717) is 22.4 Å². The number of carbonyl (C=O) groups is 3. The highest BCUT2D eigenvalue weighted by Crippen LogP contribution is 2.40. The summed E-state index contributed by atoms with van der Waals surface area (Å²) in [6.07, 6.45) is 2.82. The molecular formula is C24H28FN7O5S3. The number of nitrogens with two attached hydrogens (primary N) is 1. The lowest BCUT2D eigenvalue weighted by atomic mass is 10.0. The molecule has 16 heteroatoms. The van der Waals surface area contributed by atoms with E-state index in [0.717, 1.165) is 34.7 Å². The van der Waals surface area contributed by atoms with Crippen LogP contribution in [0.4, 0.5) is 9.52 Å². The normalized spacial score (nSPS) is 20.1. The van der Waals surface area contributed by atoms with Gasteiger partial charge >= 0.3 is 0 Å². The third kappa shape index (κ3) is 6.86. The Morgan fingerprint density at radius 2 is 2.20 bits per heavy atom. The number of anilines is 1. The van der Waals surface area contributed by atoms with Gasteiger partial charge in [0.05, 0.1) is 54.1 Å². The van der Waals surface area contributed by atoms with Gasteiger partial charge in [-0.1, -0.05) is 11.2 Å². The second-order valence-corrected chi connectivity index (χ2v) is 12.6. The van der Waals surface area contributed by atoms with Gasteiger partial charge in [-0.25, -0.2) is 14.4 Å². The van der Waals surface area contributed by atoms with Crippen molar-refractivity contribution in [3.8, 4) is 0 Å². The number of nitrogen functional groups attached to an aromatic ring is 1. The van der Waals surface area contributed by atoms with Gasteiger partial charge in [0, 0.05) is 11.1 Å². The average Bonchev–Trinajstić information content (AvgIpc) is 3.51. The number of halogens is 1. The lowest BCUT2D eigenvalue weighted by molar-refractivity contribution is -0.897. The molecule has 3 atom stereocenters. The number of likely N-dealkylation sites (N-methyl/N-ethyl adjacent to an activating group) is 1. The van der Waals surface area contributed by atoms with E-state index in [1.54, 1.807) is 17.4 Å². The lowest BCUT2D eigenvalue weighted by Crippen LogP contribution is -2.71. The Morgan fingerprint density at radius 1 is 1.43 bits per heavy atom. The first-order chi connectivity index (χ1) is 19.0. The first kappa shape index (κ1) is 29.6. The second-order valence-electron chi connectivity index (χ2n) is 9.71. The van der Waals surface area contributed by atoms with Crippen LogP contribution >= 0.6 is 34.4 Å². The highest BCUT2D eigenvalue weighted by molar-refractivity contribution is 8.00. The van der Waals surface area contributed by atoms with E-state index < -0.39 is 42.0 Å². The van der Waals surface area contributed by atoms with Gasteiger partial charge in [-0.3, -0.25) is 14.5 Å². The van der Waals surface area contributed by atoms with Gasteiger partial charge in [-0.2, -0.15) is 0 Å². The Balaban J connectivity index is 1.31. The number of β-lactam (4-membered cyclic amide) rings is 1. The maximum Gasteiger partial charge on any atom is 0.266 e. The van der Waals surface area contributed by atoms with Crippen LogP contribution in [-0.4, -0.2) is 87.8 Å². The van der Waals surface area contributed by atoms with Crippen LogP contribution in [0.3, 0.4) is 0 Å². The van der Waals surface area contributed by atoms with Gasteiger partial charge in [-0.15, -0.1) is 34.4 Å². The van der Waals surface area contributed by atoms with E-state index in [1.165, 1.54) is 22.0 Å². The summed E-state index contributed by atoms with van der Waals surface area (Å²) in [5.74, 6) is -2.47. The van der Waals surface area contributed by atoms with E-state index in [1.807, 2.05) is 18.5 Å². The number of thioether (sulfide) groups is 1. The number of amides is 2. The summed E-state index contributed by atoms with van der Waals surface area (Å²) in [5.41, 5.74) is 8.65. The molecule has 0 spiro atoms. The molecule has 1 saturated heterocycles. The number of carboxylic acids is 1. The van der Waals surface area contributed by atoms with Crippen LogP contribution in [-0.2, 0) is 25.8 Å². The van der Waals surface area contributed by atoms with Crippen molar-refractivity contribution < 1.29 is 33.2 Å². The molecule has 4 heterocycles. The van der Waals surface area contributed by atoms with Crippen molar-refractivity contribution in [3.05, 3.63) is 50.6 Å². The number of hydrogen-bond acceptors (Lipinski definition) is 12. The molecule has 12 nitrogen and oxygen atoms in total. The molecule has 0 radical (unpaired) electrons. The Bertz CT molecular complexity index is 1370. The summed E-state index contributed by atoms with van der Waals surface area (Å²) in [6, 6.07) is -0.950. The number of allylic oxidation sites excluding steroid dienone is 1. The summed E-state index contributed by atoms with van der Waals surface area (Å²) in [6.45, 7) is 2.90. The summed E-state index contributed by atoms with van der Waals surface area (Å²) < 4.78 is 14.7. The molecule has 40 heavy (non-hydrogen) atoms. The molecule has 0 bridgehead atoms. The van der Waals surface area contributed by atoms with E-state index in [-0.39, 0.29) is 16.5 Å². The zero-order valence-electron chi connectivity index (χ0n) is 21.9. The van der Waals surface area contributed by atoms with Gasteiger partial charge in [0.2, 0.25) is 0 Å². The molecule has 2 amide bonds. The number of aryl methyl sites for hydroxylation is 1. The Morgan fingerprint density at radius 3 is 2.85 bits per heavy atom. The van der Waals surface area contributed by atoms with Crippen LogP contribution in [0.15, 0.2) is 39.5 Å². The third-order valence-corrected chi connectivity index (χ3v) is 9.06. The maximum atomic E-state index is 14.0. The molecule has 2 aromatic heterocycles. The number of oxime groups is 1. The standard InChI is InChI=1S/C24H28FN7O5S3/c1-13-17(40-12-27-13)8-32(2,3)6-4-5-14-10-38-22-19(21(34)31(22)20(14)23(35)36)30-18(33)7-28-37-9-15(25)16-11-39-24(26)29-16/h4-5,7,11-12,15,19,22H,6,8-10H2,1-3H3,(H3-,26,29,30,33,35,36)/b5-4+,28-7-/t15?,19-,22+/m1/s1. The van der Waals surface area contributed by atoms with Crippen LogP contribution in [0.1, 0.15) is 22.4 Å². The van der Waals surface area contributed by atoms with Gasteiger partial charge in [0.1, 0.15) is 24.2 Å². The number of nitrogens with zero attached hydrogens (tertiary/aromatic N) is 5. The van der Waals surface area contributed by atoms with Crippen LogP contribution in [0.2, 0.25) is 0 Å². The van der Waals surface area contributed by atoms with E-state index in [4.69, 9.17) is 10.6 Å². The van der Waals surface area contributed by atoms with Gasteiger partial charge < -0.3 is 30.3 Å². The molecule has 1 fully saturated rings. The number of aromatic nitrogens is 2. The first-order valence-electron chi connectivity index (χ1n) is 12.0. The van der Waals surface area contributed by atoms with Crippen molar-refractivity contribution in [3.63, 3.8) is 0 Å². The van der Waals surface area contributed by atoms with Crippen molar-refractivity contribution in [2.45, 2.75) is 31.1 Å². The van der Waals surface area contributed by atoms with Gasteiger partial charge in [-0.05, 0) is 18.6 Å². The molecular weight excluding hydrogens is 582 g/mol. The van der Waals surface area contributed by atoms with Crippen LogP contribution in [0, 0.1) is 6.92 Å². The number of thiazole rings is 2. The zero-order valence-corrected chi connectivity index (χ0v) is 24.4. The fourth-order valence-corrected chi connectivity index (χ4v) is 6.99. The predicted molar refractivity (Wildman–Crippen MR) is 149 cm³/mol. The van der Waals surface area contributed by atoms with Gasteiger partial charge in [0.15, 0.2) is 17.9 Å². The number of rotatable bonds is 12. The highest BCUT2D eigenvalue weighted by atomic mass is 32.2. The quantitative estimate of drug-likeness (QED) is 0.153. The predicted octanol–water partition coefficient (Wildman–Crippen LogP) is 0.740. The smallest absolute Gasteiger partial charge is 0.266 e. The number of alkyl halides is 1. The van der Waals surface area contributed by atoms with Crippen molar-refractivity contribution in [2.75, 3.05) is 38.7 Å². The minimum atomic E-state index is -1.57. The molecule has 214 valence electrons.